The maximum Gasteiger partial charge on any atom is 0.333 e. The molecular weight excluding hydrogens is 246 g/mol. The van der Waals surface area contributed by atoms with E-state index in [0.29, 0.717) is 25.0 Å². The van der Waals surface area contributed by atoms with Gasteiger partial charge in [-0.2, -0.15) is 0 Å². The summed E-state index contributed by atoms with van der Waals surface area (Å²) in [5.74, 6) is -0.696. The second-order valence-corrected chi connectivity index (χ2v) is 4.77. The van der Waals surface area contributed by atoms with Crippen molar-refractivity contribution >= 4 is 17.8 Å². The van der Waals surface area contributed by atoms with Crippen molar-refractivity contribution in [2.24, 2.45) is 0 Å². The lowest BCUT2D eigenvalue weighted by Gasteiger charge is -2.18. The number of rotatable bonds is 5. The largest absolute Gasteiger partial charge is 0.462 e. The molecule has 106 valence electrons. The maximum absolute atomic E-state index is 11.9. The molecule has 1 fully saturated rings. The van der Waals surface area contributed by atoms with E-state index in [-0.39, 0.29) is 24.8 Å². The molecule has 0 aromatic rings. The second-order valence-electron chi connectivity index (χ2n) is 4.77. The van der Waals surface area contributed by atoms with Gasteiger partial charge in [0.2, 0.25) is 11.8 Å². The fourth-order valence-corrected chi connectivity index (χ4v) is 1.89. The minimum Gasteiger partial charge on any atom is -0.462 e. The summed E-state index contributed by atoms with van der Waals surface area (Å²) in [4.78, 5) is 36.0. The van der Waals surface area contributed by atoms with Crippen molar-refractivity contribution in [3.8, 4) is 0 Å². The molecular formula is C14H21NO4. The first-order chi connectivity index (χ1) is 9.02. The predicted octanol–water partition coefficient (Wildman–Crippen LogP) is 1.82. The van der Waals surface area contributed by atoms with Crippen LogP contribution >= 0.6 is 0 Å². The molecule has 0 bridgehead atoms. The zero-order valence-corrected chi connectivity index (χ0v) is 11.4. The quantitative estimate of drug-likeness (QED) is 0.433. The van der Waals surface area contributed by atoms with Crippen molar-refractivity contribution in [1.82, 2.24) is 4.90 Å². The number of nitrogens with zero attached hydrogens (tertiary/aromatic N) is 1. The maximum atomic E-state index is 11.9. The van der Waals surface area contributed by atoms with Crippen molar-refractivity contribution in [1.29, 1.82) is 0 Å². The first-order valence-corrected chi connectivity index (χ1v) is 6.68. The molecule has 1 heterocycles. The second kappa shape index (κ2) is 7.71. The number of ether oxygens (including phenoxy) is 1. The van der Waals surface area contributed by atoms with Gasteiger partial charge in [0.25, 0.3) is 0 Å². The van der Waals surface area contributed by atoms with Gasteiger partial charge in [-0.25, -0.2) is 4.79 Å². The van der Waals surface area contributed by atoms with Gasteiger partial charge < -0.3 is 4.74 Å². The van der Waals surface area contributed by atoms with Gasteiger partial charge in [0.15, 0.2) is 0 Å². The summed E-state index contributed by atoms with van der Waals surface area (Å²) in [6, 6.07) is 0. The minimum atomic E-state index is -0.446. The lowest BCUT2D eigenvalue weighted by molar-refractivity contribution is -0.146. The van der Waals surface area contributed by atoms with E-state index in [2.05, 4.69) is 6.58 Å². The van der Waals surface area contributed by atoms with Crippen LogP contribution in [0.25, 0.3) is 0 Å². The summed E-state index contributed by atoms with van der Waals surface area (Å²) >= 11 is 0. The van der Waals surface area contributed by atoms with Crippen LogP contribution in [0.5, 0.6) is 0 Å². The Bertz CT molecular complexity index is 376. The third kappa shape index (κ3) is 5.24. The van der Waals surface area contributed by atoms with Crippen molar-refractivity contribution in [3.05, 3.63) is 12.2 Å². The number of hydrogen-bond acceptors (Lipinski definition) is 4. The van der Waals surface area contributed by atoms with Crippen LogP contribution in [0.4, 0.5) is 0 Å². The number of imide groups is 1. The Morgan fingerprint density at radius 1 is 1.32 bits per heavy atom. The molecule has 0 aromatic heterocycles. The van der Waals surface area contributed by atoms with Crippen LogP contribution in [0.15, 0.2) is 12.2 Å². The van der Waals surface area contributed by atoms with E-state index in [4.69, 9.17) is 4.74 Å². The van der Waals surface area contributed by atoms with E-state index < -0.39 is 5.97 Å². The van der Waals surface area contributed by atoms with Crippen LogP contribution in [0, 0.1) is 0 Å². The predicted molar refractivity (Wildman–Crippen MR) is 70.2 cm³/mol. The standard InChI is InChI=1S/C14H21NO4/c1-11(2)14(18)19-10-6-8-13(17)15-9-5-3-4-7-12(15)16/h1,3-10H2,2H3. The highest BCUT2D eigenvalue weighted by Crippen LogP contribution is 2.12. The normalized spacial score (nSPS) is 15.8. The molecule has 0 aromatic carbocycles. The highest BCUT2D eigenvalue weighted by atomic mass is 16.5. The van der Waals surface area contributed by atoms with Crippen molar-refractivity contribution in [2.45, 2.75) is 45.4 Å². The van der Waals surface area contributed by atoms with E-state index in [0.717, 1.165) is 19.3 Å². The molecule has 5 heteroatoms. The summed E-state index contributed by atoms with van der Waals surface area (Å²) in [7, 11) is 0. The summed E-state index contributed by atoms with van der Waals surface area (Å²) in [5.41, 5.74) is 0.342. The molecule has 1 saturated heterocycles. The Morgan fingerprint density at radius 2 is 2.05 bits per heavy atom. The molecule has 0 N–H and O–H groups in total. The van der Waals surface area contributed by atoms with Gasteiger partial charge in [-0.3, -0.25) is 14.5 Å². The van der Waals surface area contributed by atoms with Crippen molar-refractivity contribution in [2.75, 3.05) is 13.2 Å². The zero-order valence-electron chi connectivity index (χ0n) is 11.4. The summed E-state index contributed by atoms with van der Waals surface area (Å²) in [6.45, 7) is 5.74. The van der Waals surface area contributed by atoms with Gasteiger partial charge >= 0.3 is 5.97 Å². The average Bonchev–Trinajstić information content (AvgIpc) is 2.58. The molecule has 0 aliphatic carbocycles. The Balaban J connectivity index is 2.28. The molecule has 1 rings (SSSR count). The van der Waals surface area contributed by atoms with E-state index in [9.17, 15) is 14.4 Å². The van der Waals surface area contributed by atoms with Gasteiger partial charge in [0.1, 0.15) is 0 Å². The molecule has 19 heavy (non-hydrogen) atoms. The lowest BCUT2D eigenvalue weighted by atomic mass is 10.2. The summed E-state index contributed by atoms with van der Waals surface area (Å²) in [5, 5.41) is 0. The molecule has 5 nitrogen and oxygen atoms in total. The highest BCUT2D eigenvalue weighted by molar-refractivity contribution is 5.95. The summed E-state index contributed by atoms with van der Waals surface area (Å²) < 4.78 is 4.90. The SMILES string of the molecule is C=C(C)C(=O)OCCCC(=O)N1CCCCCC1=O. The molecule has 0 atom stereocenters. The van der Waals surface area contributed by atoms with Crippen LogP contribution in [-0.2, 0) is 19.1 Å². The Kier molecular flexibility index (Phi) is 6.25. The number of esters is 1. The Labute approximate surface area is 113 Å². The van der Waals surface area contributed by atoms with Crippen LogP contribution in [0.3, 0.4) is 0 Å². The number of hydrogen-bond donors (Lipinski definition) is 0. The number of amides is 2. The summed E-state index contributed by atoms with van der Waals surface area (Å²) in [6.07, 6.45) is 3.85. The van der Waals surface area contributed by atoms with Crippen LogP contribution in [0.2, 0.25) is 0 Å². The average molecular weight is 267 g/mol. The smallest absolute Gasteiger partial charge is 0.333 e. The minimum absolute atomic E-state index is 0.0820. The monoisotopic (exact) mass is 267 g/mol. The van der Waals surface area contributed by atoms with E-state index in [1.165, 1.54) is 4.90 Å². The molecule has 0 saturated carbocycles. The van der Waals surface area contributed by atoms with Crippen molar-refractivity contribution in [3.63, 3.8) is 0 Å². The Morgan fingerprint density at radius 3 is 2.74 bits per heavy atom. The van der Waals surface area contributed by atoms with E-state index >= 15 is 0 Å². The number of carbonyl (C=O) groups is 3. The fourth-order valence-electron chi connectivity index (χ4n) is 1.89. The van der Waals surface area contributed by atoms with E-state index in [1.807, 2.05) is 0 Å². The molecule has 2 amide bonds. The molecule has 1 aliphatic rings. The number of likely N-dealkylation sites (tertiary alicyclic amines) is 1. The lowest BCUT2D eigenvalue weighted by Crippen LogP contribution is -2.36. The van der Waals surface area contributed by atoms with Gasteiger partial charge in [0, 0.05) is 25.0 Å². The third-order valence-corrected chi connectivity index (χ3v) is 2.99. The van der Waals surface area contributed by atoms with Gasteiger partial charge in [-0.1, -0.05) is 13.0 Å². The van der Waals surface area contributed by atoms with Gasteiger partial charge in [-0.15, -0.1) is 0 Å². The van der Waals surface area contributed by atoms with Crippen LogP contribution < -0.4 is 0 Å². The highest BCUT2D eigenvalue weighted by Gasteiger charge is 2.22. The molecule has 0 radical (unpaired) electrons. The molecule has 0 spiro atoms. The fraction of sp³-hybridized carbons (Fsp3) is 0.643. The first kappa shape index (κ1) is 15.4. The van der Waals surface area contributed by atoms with E-state index in [1.54, 1.807) is 6.92 Å². The number of carbonyl (C=O) groups excluding carboxylic acids is 3. The van der Waals surface area contributed by atoms with Crippen molar-refractivity contribution < 1.29 is 19.1 Å². The Hall–Kier alpha value is -1.65. The first-order valence-electron chi connectivity index (χ1n) is 6.68. The topological polar surface area (TPSA) is 63.7 Å². The van der Waals surface area contributed by atoms with Crippen LogP contribution in [-0.4, -0.2) is 35.8 Å². The third-order valence-electron chi connectivity index (χ3n) is 2.99. The molecule has 1 aliphatic heterocycles. The van der Waals surface area contributed by atoms with Gasteiger partial charge in [0.05, 0.1) is 6.61 Å². The zero-order chi connectivity index (χ0) is 14.3. The molecule has 0 unspecified atom stereocenters. The van der Waals surface area contributed by atoms with Crippen LogP contribution in [0.1, 0.15) is 45.4 Å². The van der Waals surface area contributed by atoms with Gasteiger partial charge in [-0.05, 0) is 26.2 Å².